The van der Waals surface area contributed by atoms with E-state index in [-0.39, 0.29) is 31.1 Å². The molecule has 64 heavy (non-hydrogen) atoms. The quantitative estimate of drug-likeness (QED) is 0.0262. The van der Waals surface area contributed by atoms with Crippen molar-refractivity contribution in [3.63, 3.8) is 0 Å². The molecule has 0 bridgehead atoms. The Labute approximate surface area is 397 Å². The predicted molar refractivity (Wildman–Crippen MR) is 275 cm³/mol. The largest absolute Gasteiger partial charge is 0.462 e. The maximum absolute atomic E-state index is 12.8. The van der Waals surface area contributed by atoms with Crippen molar-refractivity contribution in [3.8, 4) is 0 Å². The van der Waals surface area contributed by atoms with Gasteiger partial charge in [0.25, 0.3) is 0 Å². The molecule has 0 fully saturated rings. The van der Waals surface area contributed by atoms with Gasteiger partial charge in [-0.25, -0.2) is 0 Å². The second kappa shape index (κ2) is 53.0. The third-order valence-corrected chi connectivity index (χ3v) is 12.1. The average molecular weight is 897 g/mol. The van der Waals surface area contributed by atoms with Gasteiger partial charge in [0.2, 0.25) is 0 Å². The van der Waals surface area contributed by atoms with Gasteiger partial charge in [-0.2, -0.15) is 0 Å². The summed E-state index contributed by atoms with van der Waals surface area (Å²) in [5.74, 6) is -0.937. The third kappa shape index (κ3) is 50.4. The molecule has 1 atom stereocenters. The molecule has 0 aliphatic heterocycles. The highest BCUT2D eigenvalue weighted by Gasteiger charge is 2.19. The molecule has 0 spiro atoms. The van der Waals surface area contributed by atoms with Crippen LogP contribution in [0.15, 0.2) is 48.6 Å². The number of allylic oxidation sites excluding steroid dienone is 8. The van der Waals surface area contributed by atoms with E-state index >= 15 is 0 Å². The van der Waals surface area contributed by atoms with Gasteiger partial charge in [-0.05, 0) is 77.0 Å². The fourth-order valence-electron chi connectivity index (χ4n) is 7.87. The lowest BCUT2D eigenvalue weighted by Crippen LogP contribution is -2.30. The van der Waals surface area contributed by atoms with Gasteiger partial charge in [-0.15, -0.1) is 0 Å². The van der Waals surface area contributed by atoms with Crippen molar-refractivity contribution in [3.05, 3.63) is 48.6 Å². The van der Waals surface area contributed by atoms with Crippen LogP contribution in [0, 0.1) is 0 Å². The number of rotatable bonds is 50. The molecule has 0 saturated heterocycles. The lowest BCUT2D eigenvalue weighted by atomic mass is 10.0. The van der Waals surface area contributed by atoms with Crippen molar-refractivity contribution < 1.29 is 28.6 Å². The summed E-state index contributed by atoms with van der Waals surface area (Å²) in [4.78, 5) is 38.0. The molecule has 1 unspecified atom stereocenters. The van der Waals surface area contributed by atoms with Crippen molar-refractivity contribution in [1.82, 2.24) is 0 Å². The van der Waals surface area contributed by atoms with Gasteiger partial charge in [0.1, 0.15) is 13.2 Å². The van der Waals surface area contributed by atoms with Crippen LogP contribution >= 0.6 is 0 Å². The molecule has 0 aromatic carbocycles. The van der Waals surface area contributed by atoms with Crippen LogP contribution in [0.2, 0.25) is 0 Å². The van der Waals surface area contributed by atoms with Gasteiger partial charge < -0.3 is 14.2 Å². The lowest BCUT2D eigenvalue weighted by molar-refractivity contribution is -0.167. The van der Waals surface area contributed by atoms with Gasteiger partial charge in [0.05, 0.1) is 0 Å². The first-order valence-electron chi connectivity index (χ1n) is 27.6. The summed E-state index contributed by atoms with van der Waals surface area (Å²) < 4.78 is 16.8. The standard InChI is InChI=1S/C58H104O6/c1-4-7-10-13-16-19-22-25-27-29-31-33-36-39-42-45-48-51-57(60)63-54-55(53-62-56(59)50-47-44-41-38-35-24-21-18-15-12-9-6-3)64-58(61)52-49-46-43-40-37-34-32-30-28-26-23-20-17-14-11-8-5-2/h25-28,31,33,39,42,55H,4-24,29-30,32,34-38,40-41,43-54H2,1-3H3/b27-25-,28-26-,33-31-,42-39-. The Morgan fingerprint density at radius 3 is 0.953 bits per heavy atom. The van der Waals surface area contributed by atoms with Crippen molar-refractivity contribution in [2.24, 2.45) is 0 Å². The minimum atomic E-state index is -0.792. The van der Waals surface area contributed by atoms with E-state index in [1.54, 1.807) is 0 Å². The minimum Gasteiger partial charge on any atom is -0.462 e. The van der Waals surface area contributed by atoms with E-state index in [0.717, 1.165) is 57.8 Å². The molecule has 0 saturated carbocycles. The molecule has 0 aromatic heterocycles. The third-order valence-electron chi connectivity index (χ3n) is 12.1. The molecule has 0 aromatic rings. The van der Waals surface area contributed by atoms with Crippen LogP contribution in [-0.2, 0) is 28.6 Å². The maximum Gasteiger partial charge on any atom is 0.306 e. The highest BCUT2D eigenvalue weighted by Crippen LogP contribution is 2.15. The number of carbonyl (C=O) groups is 3. The normalized spacial score (nSPS) is 12.4. The monoisotopic (exact) mass is 897 g/mol. The van der Waals surface area contributed by atoms with Crippen LogP contribution in [0.4, 0.5) is 0 Å². The van der Waals surface area contributed by atoms with E-state index in [2.05, 4.69) is 69.4 Å². The van der Waals surface area contributed by atoms with E-state index in [0.29, 0.717) is 25.7 Å². The lowest BCUT2D eigenvalue weighted by Gasteiger charge is -2.18. The Morgan fingerprint density at radius 2 is 0.578 bits per heavy atom. The highest BCUT2D eigenvalue weighted by atomic mass is 16.6. The van der Waals surface area contributed by atoms with E-state index in [4.69, 9.17) is 14.2 Å². The summed E-state index contributed by atoms with van der Waals surface area (Å²) in [6, 6.07) is 0. The molecular weight excluding hydrogens is 793 g/mol. The summed E-state index contributed by atoms with van der Waals surface area (Å²) >= 11 is 0. The SMILES string of the molecule is CCCCCCCC/C=C\C/C=C\C/C=C\CCCC(=O)OCC(COC(=O)CCCCCCCCCCCCCC)OC(=O)CCCCCCCCC/C=C\CCCCCCCC. The van der Waals surface area contributed by atoms with Crippen molar-refractivity contribution in [2.45, 2.75) is 290 Å². The smallest absolute Gasteiger partial charge is 0.306 e. The molecule has 6 heteroatoms. The van der Waals surface area contributed by atoms with Gasteiger partial charge in [0.15, 0.2) is 6.10 Å². The summed E-state index contributed by atoms with van der Waals surface area (Å²) in [5.41, 5.74) is 0. The van der Waals surface area contributed by atoms with E-state index < -0.39 is 6.10 Å². The number of unbranched alkanes of at least 4 members (excludes halogenated alkanes) is 31. The second-order valence-corrected chi connectivity index (χ2v) is 18.5. The van der Waals surface area contributed by atoms with Gasteiger partial charge >= 0.3 is 17.9 Å². The fraction of sp³-hybridized carbons (Fsp3) is 0.810. The zero-order valence-electron chi connectivity index (χ0n) is 42.6. The molecular formula is C58H104O6. The van der Waals surface area contributed by atoms with E-state index in [1.807, 2.05) is 0 Å². The first-order valence-corrected chi connectivity index (χ1v) is 27.6. The molecule has 0 heterocycles. The summed E-state index contributed by atoms with van der Waals surface area (Å²) in [6.45, 7) is 6.60. The van der Waals surface area contributed by atoms with E-state index in [1.165, 1.54) is 180 Å². The maximum atomic E-state index is 12.8. The predicted octanol–water partition coefficient (Wildman–Crippen LogP) is 18.3. The number of esters is 3. The molecule has 0 radical (unpaired) electrons. The number of carbonyl (C=O) groups excluding carboxylic acids is 3. The van der Waals surface area contributed by atoms with Crippen molar-refractivity contribution in [2.75, 3.05) is 13.2 Å². The average Bonchev–Trinajstić information content (AvgIpc) is 3.29. The molecule has 372 valence electrons. The Bertz CT molecular complexity index is 1120. The molecule has 0 N–H and O–H groups in total. The Hall–Kier alpha value is -2.63. The molecule has 0 rings (SSSR count). The fourth-order valence-corrected chi connectivity index (χ4v) is 7.87. The summed E-state index contributed by atoms with van der Waals surface area (Å²) in [6.07, 6.45) is 63.9. The van der Waals surface area contributed by atoms with Gasteiger partial charge in [0, 0.05) is 19.3 Å². The molecule has 0 aliphatic carbocycles. The van der Waals surface area contributed by atoms with Crippen LogP contribution in [0.3, 0.4) is 0 Å². The molecule has 0 aliphatic rings. The Balaban J connectivity index is 4.42. The molecule has 0 amide bonds. The number of hydrogen-bond donors (Lipinski definition) is 0. The van der Waals surface area contributed by atoms with Crippen LogP contribution in [0.25, 0.3) is 0 Å². The highest BCUT2D eigenvalue weighted by molar-refractivity contribution is 5.71. The van der Waals surface area contributed by atoms with E-state index in [9.17, 15) is 14.4 Å². The number of ether oxygens (including phenoxy) is 3. The van der Waals surface area contributed by atoms with Gasteiger partial charge in [-0.1, -0.05) is 236 Å². The summed E-state index contributed by atoms with van der Waals surface area (Å²) in [7, 11) is 0. The second-order valence-electron chi connectivity index (χ2n) is 18.5. The zero-order chi connectivity index (χ0) is 46.5. The van der Waals surface area contributed by atoms with Crippen molar-refractivity contribution in [1.29, 1.82) is 0 Å². The van der Waals surface area contributed by atoms with Crippen molar-refractivity contribution >= 4 is 17.9 Å². The zero-order valence-corrected chi connectivity index (χ0v) is 42.6. The van der Waals surface area contributed by atoms with Crippen LogP contribution < -0.4 is 0 Å². The topological polar surface area (TPSA) is 78.9 Å². The van der Waals surface area contributed by atoms with Crippen LogP contribution in [-0.4, -0.2) is 37.2 Å². The Kier molecular flexibility index (Phi) is 50.8. The first kappa shape index (κ1) is 61.4. The van der Waals surface area contributed by atoms with Gasteiger partial charge in [-0.3, -0.25) is 14.4 Å². The van der Waals surface area contributed by atoms with Crippen LogP contribution in [0.1, 0.15) is 284 Å². The van der Waals surface area contributed by atoms with Crippen LogP contribution in [0.5, 0.6) is 0 Å². The summed E-state index contributed by atoms with van der Waals surface area (Å²) in [5, 5.41) is 0. The first-order chi connectivity index (χ1) is 31.5. The number of hydrogen-bond acceptors (Lipinski definition) is 6. The Morgan fingerprint density at radius 1 is 0.312 bits per heavy atom. The minimum absolute atomic E-state index is 0.0878. The molecule has 6 nitrogen and oxygen atoms in total.